The molecule has 0 aliphatic heterocycles. The fraction of sp³-hybridized carbons (Fsp3) is 0.545. The first kappa shape index (κ1) is 13.5. The summed E-state index contributed by atoms with van der Waals surface area (Å²) in [4.78, 5) is 12.1. The van der Waals surface area contributed by atoms with Gasteiger partial charge >= 0.3 is 0 Å². The molecule has 1 aliphatic carbocycles. The van der Waals surface area contributed by atoms with E-state index in [-0.39, 0.29) is 16.7 Å². The van der Waals surface area contributed by atoms with Gasteiger partial charge in [0.05, 0.1) is 0 Å². The molecule has 1 N–H and O–H groups in total. The Hall–Kier alpha value is -0.920. The highest BCUT2D eigenvalue weighted by Crippen LogP contribution is 2.35. The topological polar surface area (TPSA) is 72.5 Å². The molecular formula is C11H15NO4S2. The zero-order chi connectivity index (χ0) is 13.3. The Morgan fingerprint density at radius 3 is 2.72 bits per heavy atom. The van der Waals surface area contributed by atoms with Crippen LogP contribution in [0, 0.1) is 5.92 Å². The molecule has 0 radical (unpaired) electrons. The Labute approximate surface area is 110 Å². The van der Waals surface area contributed by atoms with Crippen molar-refractivity contribution in [3.05, 3.63) is 11.4 Å². The molecule has 7 heteroatoms. The number of sulfone groups is 1. The third-order valence-corrected chi connectivity index (χ3v) is 4.93. The van der Waals surface area contributed by atoms with Crippen LogP contribution in [-0.4, -0.2) is 33.8 Å². The molecule has 0 bridgehead atoms. The van der Waals surface area contributed by atoms with Gasteiger partial charge in [0.2, 0.25) is 0 Å². The number of ether oxygens (including phenoxy) is 1. The molecule has 1 amide bonds. The molecule has 1 aromatic heterocycles. The van der Waals surface area contributed by atoms with Crippen molar-refractivity contribution < 1.29 is 17.9 Å². The lowest BCUT2D eigenvalue weighted by atomic mass is 10.2. The number of hydrogen-bond acceptors (Lipinski definition) is 5. The van der Waals surface area contributed by atoms with Gasteiger partial charge in [-0.2, -0.15) is 0 Å². The van der Waals surface area contributed by atoms with Gasteiger partial charge in [0, 0.05) is 13.4 Å². The molecule has 0 spiro atoms. The van der Waals surface area contributed by atoms with Crippen LogP contribution in [0.4, 0.5) is 5.00 Å². The second-order valence-corrected chi connectivity index (χ2v) is 7.27. The fourth-order valence-corrected chi connectivity index (χ4v) is 3.85. The number of carbonyl (C=O) groups is 1. The van der Waals surface area contributed by atoms with E-state index >= 15 is 0 Å². The van der Waals surface area contributed by atoms with E-state index in [2.05, 4.69) is 5.32 Å². The number of amides is 1. The second kappa shape index (κ2) is 4.99. The van der Waals surface area contributed by atoms with E-state index in [1.165, 1.54) is 24.5 Å². The lowest BCUT2D eigenvalue weighted by molar-refractivity contribution is -0.126. The van der Waals surface area contributed by atoms with Crippen LogP contribution in [0.15, 0.2) is 16.3 Å². The minimum Gasteiger partial charge on any atom is -0.371 e. The van der Waals surface area contributed by atoms with Crippen molar-refractivity contribution in [2.45, 2.75) is 23.8 Å². The maximum atomic E-state index is 12.0. The largest absolute Gasteiger partial charge is 0.371 e. The maximum Gasteiger partial charge on any atom is 0.254 e. The molecule has 1 fully saturated rings. The van der Waals surface area contributed by atoms with Crippen LogP contribution in [0.5, 0.6) is 0 Å². The average molecular weight is 289 g/mol. The Morgan fingerprint density at radius 2 is 2.22 bits per heavy atom. The van der Waals surface area contributed by atoms with Crippen LogP contribution in [0.2, 0.25) is 0 Å². The van der Waals surface area contributed by atoms with Crippen LogP contribution in [0.3, 0.4) is 0 Å². The summed E-state index contributed by atoms with van der Waals surface area (Å²) >= 11 is 1.20. The van der Waals surface area contributed by atoms with E-state index in [4.69, 9.17) is 4.74 Å². The van der Waals surface area contributed by atoms with Crippen LogP contribution in [0.1, 0.15) is 12.8 Å². The van der Waals surface area contributed by atoms with E-state index in [1.807, 2.05) is 0 Å². The van der Waals surface area contributed by atoms with Crippen molar-refractivity contribution in [1.82, 2.24) is 0 Å². The number of methoxy groups -OCH3 is 1. The number of thiophene rings is 1. The monoisotopic (exact) mass is 289 g/mol. The molecule has 1 atom stereocenters. The number of rotatable bonds is 5. The SMILES string of the molecule is COC(C(=O)Nc1sccc1S(C)(=O)=O)C1CC1. The summed E-state index contributed by atoms with van der Waals surface area (Å²) in [6.07, 6.45) is 2.60. The fourth-order valence-electron chi connectivity index (χ4n) is 1.78. The summed E-state index contributed by atoms with van der Waals surface area (Å²) in [5.41, 5.74) is 0. The van der Waals surface area contributed by atoms with Crippen molar-refractivity contribution in [1.29, 1.82) is 0 Å². The molecular weight excluding hydrogens is 274 g/mol. The van der Waals surface area contributed by atoms with Crippen LogP contribution in [0.25, 0.3) is 0 Å². The van der Waals surface area contributed by atoms with Gasteiger partial charge in [-0.1, -0.05) is 0 Å². The highest BCUT2D eigenvalue weighted by Gasteiger charge is 2.36. The van der Waals surface area contributed by atoms with Gasteiger partial charge in [-0.3, -0.25) is 4.79 Å². The van der Waals surface area contributed by atoms with Crippen LogP contribution >= 0.6 is 11.3 Å². The molecule has 0 saturated heterocycles. The van der Waals surface area contributed by atoms with Gasteiger partial charge in [0.15, 0.2) is 9.84 Å². The lowest BCUT2D eigenvalue weighted by Gasteiger charge is -2.14. The first-order chi connectivity index (χ1) is 8.43. The van der Waals surface area contributed by atoms with Gasteiger partial charge in [0.1, 0.15) is 16.0 Å². The second-order valence-electron chi connectivity index (χ2n) is 4.37. The molecule has 2 rings (SSSR count). The molecule has 18 heavy (non-hydrogen) atoms. The summed E-state index contributed by atoms with van der Waals surface area (Å²) in [7, 11) is -1.82. The van der Waals surface area contributed by atoms with E-state index in [9.17, 15) is 13.2 Å². The Bertz CT molecular complexity index is 545. The quantitative estimate of drug-likeness (QED) is 0.892. The van der Waals surface area contributed by atoms with E-state index < -0.39 is 15.9 Å². The highest BCUT2D eigenvalue weighted by atomic mass is 32.2. The molecule has 100 valence electrons. The van der Waals surface area contributed by atoms with Crippen molar-refractivity contribution in [3.8, 4) is 0 Å². The van der Waals surface area contributed by atoms with Crippen molar-refractivity contribution in [2.75, 3.05) is 18.7 Å². The first-order valence-electron chi connectivity index (χ1n) is 5.54. The Kier molecular flexibility index (Phi) is 3.74. The normalized spacial score (nSPS) is 17.4. The summed E-state index contributed by atoms with van der Waals surface area (Å²) in [5, 5.41) is 4.65. The molecule has 1 unspecified atom stereocenters. The minimum absolute atomic E-state index is 0.159. The van der Waals surface area contributed by atoms with E-state index in [0.717, 1.165) is 19.1 Å². The van der Waals surface area contributed by atoms with Crippen molar-refractivity contribution >= 4 is 32.1 Å². The van der Waals surface area contributed by atoms with Crippen molar-refractivity contribution in [3.63, 3.8) is 0 Å². The zero-order valence-electron chi connectivity index (χ0n) is 10.2. The first-order valence-corrected chi connectivity index (χ1v) is 8.32. The molecule has 0 aromatic carbocycles. The highest BCUT2D eigenvalue weighted by molar-refractivity contribution is 7.91. The average Bonchev–Trinajstić information content (AvgIpc) is 2.97. The van der Waals surface area contributed by atoms with Crippen molar-refractivity contribution in [2.24, 2.45) is 5.92 Å². The predicted octanol–water partition coefficient (Wildman–Crippen LogP) is 1.52. The summed E-state index contributed by atoms with van der Waals surface area (Å²) < 4.78 is 28.2. The van der Waals surface area contributed by atoms with Gasteiger partial charge in [-0.05, 0) is 30.2 Å². The van der Waals surface area contributed by atoms with E-state index in [0.29, 0.717) is 5.00 Å². The molecule has 1 heterocycles. The third-order valence-electron chi connectivity index (χ3n) is 2.83. The number of nitrogens with one attached hydrogen (secondary N) is 1. The summed E-state index contributed by atoms with van der Waals surface area (Å²) in [5.74, 6) is -0.0102. The zero-order valence-corrected chi connectivity index (χ0v) is 11.8. The van der Waals surface area contributed by atoms with Gasteiger partial charge in [-0.15, -0.1) is 11.3 Å². The third kappa shape index (κ3) is 2.90. The van der Waals surface area contributed by atoms with Gasteiger partial charge in [-0.25, -0.2) is 8.42 Å². The molecule has 5 nitrogen and oxygen atoms in total. The van der Waals surface area contributed by atoms with Gasteiger partial charge < -0.3 is 10.1 Å². The number of anilines is 1. The Morgan fingerprint density at radius 1 is 1.56 bits per heavy atom. The lowest BCUT2D eigenvalue weighted by Crippen LogP contribution is -2.31. The number of hydrogen-bond donors (Lipinski definition) is 1. The Balaban J connectivity index is 2.14. The molecule has 1 aromatic rings. The minimum atomic E-state index is -3.32. The summed E-state index contributed by atoms with van der Waals surface area (Å²) in [6, 6.07) is 1.49. The molecule has 1 saturated carbocycles. The summed E-state index contributed by atoms with van der Waals surface area (Å²) in [6.45, 7) is 0. The smallest absolute Gasteiger partial charge is 0.254 e. The standard InChI is InChI=1S/C11H15NO4S2/c1-16-9(7-3-4-7)10(13)12-11-8(5-6-17-11)18(2,14)15/h5-7,9H,3-4H2,1-2H3,(H,12,13). The molecule has 1 aliphatic rings. The van der Waals surface area contributed by atoms with Gasteiger partial charge in [0.25, 0.3) is 5.91 Å². The number of carbonyl (C=O) groups excluding carboxylic acids is 1. The van der Waals surface area contributed by atoms with E-state index in [1.54, 1.807) is 5.38 Å². The van der Waals surface area contributed by atoms with Crippen LogP contribution in [-0.2, 0) is 19.4 Å². The maximum absolute atomic E-state index is 12.0. The predicted molar refractivity (Wildman–Crippen MR) is 69.6 cm³/mol. The van der Waals surface area contributed by atoms with Crippen LogP contribution < -0.4 is 5.32 Å².